The molecule has 7 heteroatoms. The molecule has 0 aliphatic rings. The third-order valence-corrected chi connectivity index (χ3v) is 2.75. The van der Waals surface area contributed by atoms with Crippen LogP contribution in [0.25, 0.3) is 0 Å². The van der Waals surface area contributed by atoms with Crippen molar-refractivity contribution in [2.75, 3.05) is 20.1 Å². The number of nitrogens with two attached hydrogens (primary N) is 1. The first-order valence-corrected chi connectivity index (χ1v) is 5.82. The zero-order chi connectivity index (χ0) is 14.4. The van der Waals surface area contributed by atoms with E-state index >= 15 is 0 Å². The Morgan fingerprint density at radius 3 is 2.22 bits per heavy atom. The van der Waals surface area contributed by atoms with E-state index in [0.29, 0.717) is 25.8 Å². The molecule has 0 saturated heterocycles. The van der Waals surface area contributed by atoms with E-state index in [1.54, 1.807) is 11.9 Å². The van der Waals surface area contributed by atoms with Gasteiger partial charge >= 0.3 is 12.1 Å². The van der Waals surface area contributed by atoms with Gasteiger partial charge in [0.25, 0.3) is 0 Å². The van der Waals surface area contributed by atoms with Gasteiger partial charge in [-0.05, 0) is 39.8 Å². The molecule has 0 rings (SSSR count). The second-order valence-corrected chi connectivity index (χ2v) is 4.85. The second-order valence-electron chi connectivity index (χ2n) is 4.85. The average molecular weight is 270 g/mol. The summed E-state index contributed by atoms with van der Waals surface area (Å²) < 4.78 is 35.8. The number of carboxylic acids is 1. The van der Waals surface area contributed by atoms with Gasteiger partial charge in [-0.1, -0.05) is 0 Å². The predicted octanol–water partition coefficient (Wildman–Crippen LogP) is 1.84. The number of nitrogens with zero attached hydrogens (tertiary/aromatic N) is 1. The molecule has 0 aliphatic carbocycles. The minimum absolute atomic E-state index is 0.0394. The third kappa shape index (κ3) is 8.30. The zero-order valence-electron chi connectivity index (χ0n) is 10.8. The lowest BCUT2D eigenvalue weighted by Crippen LogP contribution is -2.44. The summed E-state index contributed by atoms with van der Waals surface area (Å²) in [5.41, 5.74) is 4.27. The number of halogens is 3. The van der Waals surface area contributed by atoms with Crippen molar-refractivity contribution in [3.63, 3.8) is 0 Å². The van der Waals surface area contributed by atoms with Crippen molar-refractivity contribution in [2.45, 2.75) is 44.3 Å². The normalized spacial score (nSPS) is 15.7. The highest BCUT2D eigenvalue weighted by Gasteiger charge is 2.28. The van der Waals surface area contributed by atoms with Gasteiger partial charge in [0.15, 0.2) is 0 Å². The van der Waals surface area contributed by atoms with Crippen LogP contribution in [0.5, 0.6) is 0 Å². The molecule has 1 atom stereocenters. The molecule has 0 fully saturated rings. The molecule has 0 spiro atoms. The van der Waals surface area contributed by atoms with E-state index in [-0.39, 0.29) is 6.54 Å². The maximum Gasteiger partial charge on any atom is 0.390 e. The second kappa shape index (κ2) is 6.94. The summed E-state index contributed by atoms with van der Waals surface area (Å²) in [7, 11) is 1.62. The topological polar surface area (TPSA) is 66.6 Å². The van der Waals surface area contributed by atoms with E-state index < -0.39 is 24.1 Å². The van der Waals surface area contributed by atoms with Crippen LogP contribution in [0.15, 0.2) is 0 Å². The van der Waals surface area contributed by atoms with Crippen LogP contribution in [-0.2, 0) is 4.79 Å². The monoisotopic (exact) mass is 270 g/mol. The molecule has 1 unspecified atom stereocenters. The number of unbranched alkanes of at least 4 members (excludes halogenated alkanes) is 1. The number of carbonyl (C=O) groups is 1. The first-order valence-electron chi connectivity index (χ1n) is 5.82. The summed E-state index contributed by atoms with van der Waals surface area (Å²) in [6.45, 7) is 1.90. The standard InChI is InChI=1S/C11H21F3N2O2/c1-10(15,9(17)18)5-3-4-7-16(2)8-6-11(12,13)14/h3-8,15H2,1-2H3,(H,17,18). The van der Waals surface area contributed by atoms with Crippen molar-refractivity contribution in [3.8, 4) is 0 Å². The minimum atomic E-state index is -4.13. The van der Waals surface area contributed by atoms with Crippen molar-refractivity contribution in [1.29, 1.82) is 0 Å². The number of carboxylic acid groups (broad SMARTS) is 1. The predicted molar refractivity (Wildman–Crippen MR) is 62.2 cm³/mol. The fraction of sp³-hybridized carbons (Fsp3) is 0.909. The number of aliphatic carboxylic acids is 1. The fourth-order valence-corrected chi connectivity index (χ4v) is 1.41. The summed E-state index contributed by atoms with van der Waals surface area (Å²) in [5.74, 6) is -1.06. The van der Waals surface area contributed by atoms with Gasteiger partial charge in [-0.3, -0.25) is 4.79 Å². The molecule has 0 aromatic heterocycles. The Hall–Kier alpha value is -0.820. The summed E-state index contributed by atoms with van der Waals surface area (Å²) in [4.78, 5) is 12.3. The lowest BCUT2D eigenvalue weighted by molar-refractivity contribution is -0.143. The summed E-state index contributed by atoms with van der Waals surface area (Å²) in [6.07, 6.45) is -3.43. The zero-order valence-corrected chi connectivity index (χ0v) is 10.8. The van der Waals surface area contributed by atoms with Crippen LogP contribution < -0.4 is 5.73 Å². The summed E-state index contributed by atoms with van der Waals surface area (Å²) in [5, 5.41) is 8.76. The molecule has 0 aromatic carbocycles. The molecular formula is C11H21F3N2O2. The molecule has 0 amide bonds. The Labute approximate surface area is 105 Å². The van der Waals surface area contributed by atoms with Crippen LogP contribution >= 0.6 is 0 Å². The molecule has 0 aliphatic heterocycles. The Morgan fingerprint density at radius 1 is 1.22 bits per heavy atom. The number of hydrogen-bond donors (Lipinski definition) is 2. The fourth-order valence-electron chi connectivity index (χ4n) is 1.41. The highest BCUT2D eigenvalue weighted by Crippen LogP contribution is 2.19. The Bertz CT molecular complexity index is 268. The number of alkyl halides is 3. The van der Waals surface area contributed by atoms with E-state index in [4.69, 9.17) is 10.8 Å². The van der Waals surface area contributed by atoms with Gasteiger partial charge in [-0.25, -0.2) is 0 Å². The first kappa shape index (κ1) is 17.2. The van der Waals surface area contributed by atoms with Gasteiger partial charge < -0.3 is 15.7 Å². The van der Waals surface area contributed by atoms with Gasteiger partial charge in [0.2, 0.25) is 0 Å². The minimum Gasteiger partial charge on any atom is -0.480 e. The third-order valence-electron chi connectivity index (χ3n) is 2.75. The summed E-state index contributed by atoms with van der Waals surface area (Å²) >= 11 is 0. The number of hydrogen-bond acceptors (Lipinski definition) is 3. The van der Waals surface area contributed by atoms with Gasteiger partial charge in [0.1, 0.15) is 5.54 Å². The van der Waals surface area contributed by atoms with Crippen LogP contribution in [0, 0.1) is 0 Å². The van der Waals surface area contributed by atoms with Crippen LogP contribution in [0.4, 0.5) is 13.2 Å². The van der Waals surface area contributed by atoms with Gasteiger partial charge in [0.05, 0.1) is 6.42 Å². The van der Waals surface area contributed by atoms with E-state index in [9.17, 15) is 18.0 Å². The maximum absolute atomic E-state index is 11.9. The molecule has 108 valence electrons. The van der Waals surface area contributed by atoms with Crippen LogP contribution in [0.1, 0.15) is 32.6 Å². The largest absolute Gasteiger partial charge is 0.480 e. The van der Waals surface area contributed by atoms with Crippen LogP contribution in [-0.4, -0.2) is 47.8 Å². The average Bonchev–Trinajstić information content (AvgIpc) is 2.20. The molecular weight excluding hydrogens is 249 g/mol. The lowest BCUT2D eigenvalue weighted by atomic mass is 9.96. The molecule has 0 saturated carbocycles. The van der Waals surface area contributed by atoms with E-state index in [1.165, 1.54) is 6.92 Å². The Morgan fingerprint density at radius 2 is 1.78 bits per heavy atom. The van der Waals surface area contributed by atoms with Gasteiger partial charge in [0, 0.05) is 6.54 Å². The highest BCUT2D eigenvalue weighted by atomic mass is 19.4. The molecule has 0 bridgehead atoms. The van der Waals surface area contributed by atoms with Crippen molar-refractivity contribution in [2.24, 2.45) is 5.73 Å². The maximum atomic E-state index is 11.9. The lowest BCUT2D eigenvalue weighted by Gasteiger charge is -2.20. The van der Waals surface area contributed by atoms with E-state index in [0.717, 1.165) is 0 Å². The van der Waals surface area contributed by atoms with Crippen molar-refractivity contribution in [1.82, 2.24) is 4.90 Å². The molecule has 3 N–H and O–H groups in total. The summed E-state index contributed by atoms with van der Waals surface area (Å²) in [6, 6.07) is 0. The van der Waals surface area contributed by atoms with E-state index in [1.807, 2.05) is 0 Å². The molecule has 0 aromatic rings. The van der Waals surface area contributed by atoms with Gasteiger partial charge in [-0.2, -0.15) is 13.2 Å². The molecule has 18 heavy (non-hydrogen) atoms. The smallest absolute Gasteiger partial charge is 0.390 e. The highest BCUT2D eigenvalue weighted by molar-refractivity contribution is 5.77. The molecule has 0 radical (unpaired) electrons. The number of rotatable bonds is 8. The molecule has 4 nitrogen and oxygen atoms in total. The molecule has 0 heterocycles. The van der Waals surface area contributed by atoms with E-state index in [2.05, 4.69) is 0 Å². The SMILES string of the molecule is CN(CCCCC(C)(N)C(=O)O)CCC(F)(F)F. The van der Waals surface area contributed by atoms with Crippen molar-refractivity contribution >= 4 is 5.97 Å². The first-order chi connectivity index (χ1) is 8.04. The van der Waals surface area contributed by atoms with Crippen LogP contribution in [0.2, 0.25) is 0 Å². The van der Waals surface area contributed by atoms with Gasteiger partial charge in [-0.15, -0.1) is 0 Å². The van der Waals surface area contributed by atoms with Crippen LogP contribution in [0.3, 0.4) is 0 Å². The van der Waals surface area contributed by atoms with Crippen molar-refractivity contribution in [3.05, 3.63) is 0 Å². The Kier molecular flexibility index (Phi) is 6.62. The Balaban J connectivity index is 3.70. The van der Waals surface area contributed by atoms with Crippen molar-refractivity contribution < 1.29 is 23.1 Å². The quantitative estimate of drug-likeness (QED) is 0.660.